The van der Waals surface area contributed by atoms with E-state index >= 15 is 0 Å². The molecule has 1 unspecified atom stereocenters. The van der Waals surface area contributed by atoms with Crippen molar-refractivity contribution in [2.24, 2.45) is 0 Å². The molecule has 1 amide bonds. The van der Waals surface area contributed by atoms with Crippen molar-refractivity contribution < 1.29 is 22.4 Å². The monoisotopic (exact) mass is 212 g/mol. The summed E-state index contributed by atoms with van der Waals surface area (Å²) in [5.74, 6) is -6.87. The van der Waals surface area contributed by atoms with Crippen molar-refractivity contribution >= 4 is 5.91 Å². The summed E-state index contributed by atoms with van der Waals surface area (Å²) >= 11 is 0. The zero-order valence-corrected chi connectivity index (χ0v) is 7.23. The molecular formula is C7H8F4N2O. The summed E-state index contributed by atoms with van der Waals surface area (Å²) in [6.07, 6.45) is -4.00. The number of halogens is 4. The zero-order valence-electron chi connectivity index (χ0n) is 7.23. The van der Waals surface area contributed by atoms with Crippen molar-refractivity contribution in [3.8, 4) is 6.07 Å². The Morgan fingerprint density at radius 2 is 2.07 bits per heavy atom. The van der Waals surface area contributed by atoms with Gasteiger partial charge in [0.2, 0.25) is 0 Å². The maximum absolute atomic E-state index is 12.3. The molecule has 0 aromatic heterocycles. The van der Waals surface area contributed by atoms with E-state index in [0.29, 0.717) is 0 Å². The van der Waals surface area contributed by atoms with Gasteiger partial charge >= 0.3 is 12.3 Å². The Kier molecular flexibility index (Phi) is 4.34. The lowest BCUT2D eigenvalue weighted by atomic mass is 10.2. The summed E-state index contributed by atoms with van der Waals surface area (Å²) < 4.78 is 47.9. The first-order valence-electron chi connectivity index (χ1n) is 3.72. The third-order valence-electron chi connectivity index (χ3n) is 1.45. The number of rotatable bonds is 4. The molecule has 0 radical (unpaired) electrons. The van der Waals surface area contributed by atoms with Gasteiger partial charge in [0.15, 0.2) is 0 Å². The first-order chi connectivity index (χ1) is 6.36. The second-order valence-corrected chi connectivity index (χ2v) is 2.49. The van der Waals surface area contributed by atoms with Gasteiger partial charge in [-0.05, 0) is 6.42 Å². The molecule has 0 heterocycles. The molecule has 3 nitrogen and oxygen atoms in total. The maximum atomic E-state index is 12.3. The average Bonchev–Trinajstić information content (AvgIpc) is 2.13. The number of nitrogens with zero attached hydrogens (tertiary/aromatic N) is 1. The molecule has 0 aliphatic carbocycles. The quantitative estimate of drug-likeness (QED) is 0.714. The standard InChI is InChI=1S/C7H8F4N2O/c1-2-4(3-12)13-6(14)7(10,11)5(8)9/h4-5H,2H2,1H3,(H,13,14). The van der Waals surface area contributed by atoms with Crippen LogP contribution in [0.5, 0.6) is 0 Å². The number of alkyl halides is 4. The summed E-state index contributed by atoms with van der Waals surface area (Å²) in [5, 5.41) is 9.79. The lowest BCUT2D eigenvalue weighted by Crippen LogP contribution is -2.48. The molecule has 0 aliphatic heterocycles. The summed E-state index contributed by atoms with van der Waals surface area (Å²) in [7, 11) is 0. The number of amides is 1. The highest BCUT2D eigenvalue weighted by molar-refractivity contribution is 5.84. The summed E-state index contributed by atoms with van der Waals surface area (Å²) in [4.78, 5) is 10.5. The molecule has 0 fully saturated rings. The predicted octanol–water partition coefficient (Wildman–Crippen LogP) is 1.31. The lowest BCUT2D eigenvalue weighted by Gasteiger charge is -2.16. The Morgan fingerprint density at radius 1 is 1.57 bits per heavy atom. The highest BCUT2D eigenvalue weighted by atomic mass is 19.3. The van der Waals surface area contributed by atoms with Gasteiger partial charge < -0.3 is 5.32 Å². The summed E-state index contributed by atoms with van der Waals surface area (Å²) in [6, 6.07) is 0.310. The van der Waals surface area contributed by atoms with E-state index in [1.807, 2.05) is 0 Å². The van der Waals surface area contributed by atoms with E-state index in [9.17, 15) is 22.4 Å². The van der Waals surface area contributed by atoms with E-state index in [2.05, 4.69) is 0 Å². The molecule has 7 heteroatoms. The van der Waals surface area contributed by atoms with E-state index in [1.54, 1.807) is 0 Å². The third-order valence-corrected chi connectivity index (χ3v) is 1.45. The molecule has 0 aromatic carbocycles. The largest absolute Gasteiger partial charge is 0.383 e. The van der Waals surface area contributed by atoms with Gasteiger partial charge in [-0.15, -0.1) is 0 Å². The molecule has 0 saturated heterocycles. The lowest BCUT2D eigenvalue weighted by molar-refractivity contribution is -0.169. The van der Waals surface area contributed by atoms with E-state index < -0.39 is 24.3 Å². The normalized spacial score (nSPS) is 13.5. The van der Waals surface area contributed by atoms with Crippen molar-refractivity contribution in [3.63, 3.8) is 0 Å². The molecule has 0 spiro atoms. The van der Waals surface area contributed by atoms with Crippen LogP contribution in [0.2, 0.25) is 0 Å². The van der Waals surface area contributed by atoms with Crippen LogP contribution in [0, 0.1) is 11.3 Å². The Hall–Kier alpha value is -1.32. The topological polar surface area (TPSA) is 52.9 Å². The second kappa shape index (κ2) is 4.79. The number of hydrogen-bond acceptors (Lipinski definition) is 2. The zero-order chi connectivity index (χ0) is 11.4. The van der Waals surface area contributed by atoms with E-state index in [4.69, 9.17) is 5.26 Å². The minimum absolute atomic E-state index is 0.0710. The van der Waals surface area contributed by atoms with Crippen LogP contribution in [-0.4, -0.2) is 24.3 Å². The minimum Gasteiger partial charge on any atom is -0.335 e. The molecule has 0 aromatic rings. The van der Waals surface area contributed by atoms with Gasteiger partial charge in [-0.1, -0.05) is 6.92 Å². The molecule has 0 saturated carbocycles. The van der Waals surface area contributed by atoms with Gasteiger partial charge in [0, 0.05) is 0 Å². The first kappa shape index (κ1) is 12.7. The molecule has 0 rings (SSSR count). The van der Waals surface area contributed by atoms with Crippen molar-refractivity contribution in [1.29, 1.82) is 5.26 Å². The van der Waals surface area contributed by atoms with Crippen LogP contribution in [0.1, 0.15) is 13.3 Å². The molecule has 80 valence electrons. The van der Waals surface area contributed by atoms with Gasteiger partial charge in [-0.3, -0.25) is 4.79 Å². The highest BCUT2D eigenvalue weighted by Gasteiger charge is 2.49. The Balaban J connectivity index is 4.43. The SMILES string of the molecule is CCC(C#N)NC(=O)C(F)(F)C(F)F. The van der Waals surface area contributed by atoms with Crippen molar-refractivity contribution in [1.82, 2.24) is 5.32 Å². The van der Waals surface area contributed by atoms with Crippen LogP contribution in [-0.2, 0) is 4.79 Å². The van der Waals surface area contributed by atoms with E-state index in [1.165, 1.54) is 18.3 Å². The van der Waals surface area contributed by atoms with Crippen molar-refractivity contribution in [2.75, 3.05) is 0 Å². The fraction of sp³-hybridized carbons (Fsp3) is 0.714. The number of carbonyl (C=O) groups is 1. The van der Waals surface area contributed by atoms with Crippen LogP contribution >= 0.6 is 0 Å². The van der Waals surface area contributed by atoms with E-state index in [-0.39, 0.29) is 6.42 Å². The molecule has 14 heavy (non-hydrogen) atoms. The van der Waals surface area contributed by atoms with Gasteiger partial charge in [0.05, 0.1) is 6.07 Å². The van der Waals surface area contributed by atoms with E-state index in [0.717, 1.165) is 0 Å². The smallest absolute Gasteiger partial charge is 0.335 e. The fourth-order valence-corrected chi connectivity index (χ4v) is 0.579. The molecule has 0 bridgehead atoms. The van der Waals surface area contributed by atoms with Gasteiger partial charge in [0.25, 0.3) is 5.91 Å². The van der Waals surface area contributed by atoms with Crippen LogP contribution in [0.3, 0.4) is 0 Å². The van der Waals surface area contributed by atoms with Crippen molar-refractivity contribution in [3.05, 3.63) is 0 Å². The van der Waals surface area contributed by atoms with Crippen LogP contribution in [0.15, 0.2) is 0 Å². The Labute approximate surface area is 77.7 Å². The van der Waals surface area contributed by atoms with Crippen LogP contribution in [0.4, 0.5) is 17.6 Å². The summed E-state index contributed by atoms with van der Waals surface area (Å²) in [6.45, 7) is 1.45. The predicted molar refractivity (Wildman–Crippen MR) is 38.8 cm³/mol. The van der Waals surface area contributed by atoms with Crippen LogP contribution < -0.4 is 5.32 Å². The average molecular weight is 212 g/mol. The third kappa shape index (κ3) is 2.87. The number of nitrogens with one attached hydrogen (secondary N) is 1. The van der Waals surface area contributed by atoms with Crippen LogP contribution in [0.25, 0.3) is 0 Å². The number of nitriles is 1. The Morgan fingerprint density at radius 3 is 2.36 bits per heavy atom. The first-order valence-corrected chi connectivity index (χ1v) is 3.72. The number of hydrogen-bond donors (Lipinski definition) is 1. The van der Waals surface area contributed by atoms with Gasteiger partial charge in [-0.25, -0.2) is 8.78 Å². The molecule has 0 aliphatic rings. The minimum atomic E-state index is -4.75. The molecular weight excluding hydrogens is 204 g/mol. The second-order valence-electron chi connectivity index (χ2n) is 2.49. The summed E-state index contributed by atoms with van der Waals surface area (Å²) in [5.41, 5.74) is 0. The number of carbonyl (C=O) groups excluding carboxylic acids is 1. The fourth-order valence-electron chi connectivity index (χ4n) is 0.579. The highest BCUT2D eigenvalue weighted by Crippen LogP contribution is 2.22. The Bertz CT molecular complexity index is 249. The van der Waals surface area contributed by atoms with Gasteiger partial charge in [-0.2, -0.15) is 14.0 Å². The molecule has 1 N–H and O–H groups in total. The molecule has 1 atom stereocenters. The van der Waals surface area contributed by atoms with Crippen molar-refractivity contribution in [2.45, 2.75) is 31.7 Å². The van der Waals surface area contributed by atoms with Gasteiger partial charge in [0.1, 0.15) is 6.04 Å². The maximum Gasteiger partial charge on any atom is 0.383 e.